The molecule has 1 saturated heterocycles. The van der Waals surface area contributed by atoms with E-state index in [0.717, 1.165) is 6.07 Å². The number of carbonyl (C=O) groups is 1. The Morgan fingerprint density at radius 3 is 2.72 bits per heavy atom. The van der Waals surface area contributed by atoms with E-state index in [9.17, 15) is 22.7 Å². The van der Waals surface area contributed by atoms with Crippen molar-refractivity contribution in [3.8, 4) is 5.75 Å². The van der Waals surface area contributed by atoms with Gasteiger partial charge in [-0.25, -0.2) is 8.70 Å². The molecule has 0 aromatic heterocycles. The van der Waals surface area contributed by atoms with Crippen LogP contribution in [0.25, 0.3) is 0 Å². The van der Waals surface area contributed by atoms with Gasteiger partial charge in [0.1, 0.15) is 17.7 Å². The topological polar surface area (TPSA) is 86.7 Å². The Labute approximate surface area is 103 Å². The lowest BCUT2D eigenvalue weighted by molar-refractivity contribution is -0.108. The maximum Gasteiger partial charge on any atom is 0.302 e. The number of rotatable bonds is 2. The van der Waals surface area contributed by atoms with Crippen LogP contribution >= 0.6 is 0 Å². The van der Waals surface area contributed by atoms with E-state index in [1.165, 1.54) is 6.07 Å². The molecule has 98 valence electrons. The minimum atomic E-state index is -4.01. The molecule has 0 radical (unpaired) electrons. The van der Waals surface area contributed by atoms with Gasteiger partial charge in [-0.1, -0.05) is 0 Å². The highest BCUT2D eigenvalue weighted by atomic mass is 32.2. The van der Waals surface area contributed by atoms with Crippen LogP contribution in [-0.2, 0) is 15.0 Å². The van der Waals surface area contributed by atoms with Crippen LogP contribution in [-0.4, -0.2) is 32.4 Å². The number of anilines is 1. The maximum absolute atomic E-state index is 13.8. The summed E-state index contributed by atoms with van der Waals surface area (Å²) in [5.74, 6) is -1.34. The van der Waals surface area contributed by atoms with Gasteiger partial charge in [-0.05, 0) is 24.6 Å². The molecular weight excluding hydrogens is 263 g/mol. The van der Waals surface area contributed by atoms with Crippen LogP contribution in [0.5, 0.6) is 5.75 Å². The van der Waals surface area contributed by atoms with Crippen LogP contribution in [0.15, 0.2) is 12.1 Å². The Balaban J connectivity index is 2.53. The predicted molar refractivity (Wildman–Crippen MR) is 62.1 cm³/mol. The summed E-state index contributed by atoms with van der Waals surface area (Å²) in [6.07, 6.45) is 0.417. The number of benzene rings is 1. The molecule has 1 aliphatic heterocycles. The van der Waals surface area contributed by atoms with Crippen LogP contribution in [0.1, 0.15) is 5.56 Å². The molecule has 1 heterocycles. The predicted octanol–water partition coefficient (Wildman–Crippen LogP) is 0.0616. The summed E-state index contributed by atoms with van der Waals surface area (Å²) in [5, 5.41) is 9.66. The molecule has 0 spiro atoms. The van der Waals surface area contributed by atoms with Crippen LogP contribution < -0.4 is 9.03 Å². The largest absolute Gasteiger partial charge is 0.506 e. The second kappa shape index (κ2) is 4.21. The molecule has 1 aromatic rings. The van der Waals surface area contributed by atoms with E-state index in [-0.39, 0.29) is 6.54 Å². The van der Waals surface area contributed by atoms with E-state index in [0.29, 0.717) is 16.2 Å². The number of phenols is 1. The lowest BCUT2D eigenvalue weighted by Gasteiger charge is -2.18. The second-order valence-electron chi connectivity index (χ2n) is 4.01. The smallest absolute Gasteiger partial charge is 0.302 e. The number of halogens is 1. The quantitative estimate of drug-likeness (QED) is 0.747. The zero-order chi connectivity index (χ0) is 13.5. The third-order valence-corrected chi connectivity index (χ3v) is 4.07. The summed E-state index contributed by atoms with van der Waals surface area (Å²) in [6.45, 7) is 1.32. The molecule has 18 heavy (non-hydrogen) atoms. The fourth-order valence-corrected chi connectivity index (χ4v) is 3.23. The molecule has 1 aliphatic rings. The number of carbonyl (C=O) groups excluding carboxylic acids is 1. The first-order valence-corrected chi connectivity index (χ1v) is 6.53. The first-order valence-electron chi connectivity index (χ1n) is 5.09. The third-order valence-electron chi connectivity index (χ3n) is 2.55. The van der Waals surface area contributed by atoms with Gasteiger partial charge >= 0.3 is 10.2 Å². The fraction of sp³-hybridized carbons (Fsp3) is 0.300. The number of nitrogens with zero attached hydrogens (tertiary/aromatic N) is 1. The van der Waals surface area contributed by atoms with Gasteiger partial charge in [-0.2, -0.15) is 13.1 Å². The Morgan fingerprint density at radius 2 is 2.22 bits per heavy atom. The van der Waals surface area contributed by atoms with Crippen molar-refractivity contribution >= 4 is 22.2 Å². The highest BCUT2D eigenvalue weighted by Crippen LogP contribution is 2.34. The first-order chi connectivity index (χ1) is 8.35. The molecule has 1 atom stereocenters. The summed E-state index contributed by atoms with van der Waals surface area (Å²) in [4.78, 5) is 10.6. The van der Waals surface area contributed by atoms with Crippen LogP contribution in [0.3, 0.4) is 0 Å². The Morgan fingerprint density at radius 1 is 1.56 bits per heavy atom. The van der Waals surface area contributed by atoms with Crippen molar-refractivity contribution in [1.82, 2.24) is 4.72 Å². The standard InChI is InChI=1S/C10H11FN2O4S/c1-6-2-8(11)10(9(15)3-6)13-4-7(5-14)12-18(13,16)17/h2-3,5,7,12,15H,4H2,1H3. The first kappa shape index (κ1) is 12.8. The summed E-state index contributed by atoms with van der Waals surface area (Å²) >= 11 is 0. The molecule has 1 fully saturated rings. The zero-order valence-electron chi connectivity index (χ0n) is 9.42. The van der Waals surface area contributed by atoms with Crippen molar-refractivity contribution in [2.75, 3.05) is 10.8 Å². The Kier molecular flexibility index (Phi) is 2.99. The number of aromatic hydroxyl groups is 1. The van der Waals surface area contributed by atoms with Crippen molar-refractivity contribution in [3.63, 3.8) is 0 Å². The molecule has 1 unspecified atom stereocenters. The van der Waals surface area contributed by atoms with Gasteiger partial charge in [0.05, 0.1) is 12.6 Å². The molecule has 1 aromatic carbocycles. The van der Waals surface area contributed by atoms with Crippen molar-refractivity contribution < 1.29 is 22.7 Å². The highest BCUT2D eigenvalue weighted by Gasteiger charge is 2.38. The zero-order valence-corrected chi connectivity index (χ0v) is 10.2. The molecule has 0 bridgehead atoms. The van der Waals surface area contributed by atoms with Gasteiger partial charge in [0.15, 0.2) is 5.82 Å². The lowest BCUT2D eigenvalue weighted by Crippen LogP contribution is -2.31. The summed E-state index contributed by atoms with van der Waals surface area (Å²) in [5.41, 5.74) is 0.0164. The van der Waals surface area contributed by atoms with Crippen molar-refractivity contribution in [1.29, 1.82) is 0 Å². The van der Waals surface area contributed by atoms with Crippen molar-refractivity contribution in [3.05, 3.63) is 23.5 Å². The van der Waals surface area contributed by atoms with E-state index in [4.69, 9.17) is 0 Å². The SMILES string of the molecule is Cc1cc(O)c(N2CC(C=O)NS2(=O)=O)c(F)c1. The minimum Gasteiger partial charge on any atom is -0.506 e. The van der Waals surface area contributed by atoms with Gasteiger partial charge in [0.25, 0.3) is 0 Å². The molecule has 0 aliphatic carbocycles. The van der Waals surface area contributed by atoms with E-state index in [1.54, 1.807) is 6.92 Å². The van der Waals surface area contributed by atoms with Crippen LogP contribution in [0.4, 0.5) is 10.1 Å². The van der Waals surface area contributed by atoms with Gasteiger partial charge in [-0.3, -0.25) is 0 Å². The van der Waals surface area contributed by atoms with Crippen molar-refractivity contribution in [2.24, 2.45) is 0 Å². The van der Waals surface area contributed by atoms with E-state index < -0.39 is 33.5 Å². The molecule has 2 N–H and O–H groups in total. The summed E-state index contributed by atoms with van der Waals surface area (Å²) in [7, 11) is -4.01. The fourth-order valence-electron chi connectivity index (χ4n) is 1.81. The van der Waals surface area contributed by atoms with E-state index in [2.05, 4.69) is 0 Å². The number of aryl methyl sites for hydroxylation is 1. The molecular formula is C10H11FN2O4S. The summed E-state index contributed by atoms with van der Waals surface area (Å²) in [6, 6.07) is 1.41. The molecule has 0 amide bonds. The summed E-state index contributed by atoms with van der Waals surface area (Å²) < 4.78 is 39.9. The maximum atomic E-state index is 13.8. The van der Waals surface area contributed by atoms with Gasteiger partial charge in [-0.15, -0.1) is 0 Å². The molecule has 2 rings (SSSR count). The van der Waals surface area contributed by atoms with Gasteiger partial charge in [0.2, 0.25) is 0 Å². The second-order valence-corrected chi connectivity index (χ2v) is 5.64. The Bertz CT molecular complexity index is 579. The number of aldehydes is 1. The Hall–Kier alpha value is -1.67. The van der Waals surface area contributed by atoms with Crippen LogP contribution in [0.2, 0.25) is 0 Å². The number of phenolic OH excluding ortho intramolecular Hbond substituents is 1. The number of hydrogen-bond donors (Lipinski definition) is 2. The average Bonchev–Trinajstić information content (AvgIpc) is 2.53. The van der Waals surface area contributed by atoms with Crippen molar-refractivity contribution in [2.45, 2.75) is 13.0 Å². The molecule has 8 heteroatoms. The minimum absolute atomic E-state index is 0.251. The van der Waals surface area contributed by atoms with E-state index >= 15 is 0 Å². The normalized spacial score (nSPS) is 22.1. The number of nitrogens with one attached hydrogen (secondary N) is 1. The molecule has 6 nitrogen and oxygen atoms in total. The number of hydrogen-bond acceptors (Lipinski definition) is 4. The van der Waals surface area contributed by atoms with Gasteiger partial charge < -0.3 is 9.90 Å². The average molecular weight is 274 g/mol. The van der Waals surface area contributed by atoms with E-state index in [1.807, 2.05) is 4.72 Å². The highest BCUT2D eigenvalue weighted by molar-refractivity contribution is 7.91. The monoisotopic (exact) mass is 274 g/mol. The third kappa shape index (κ3) is 2.04. The lowest BCUT2D eigenvalue weighted by atomic mass is 10.2. The molecule has 0 saturated carbocycles. The van der Waals surface area contributed by atoms with Gasteiger partial charge in [0, 0.05) is 0 Å². The van der Waals surface area contributed by atoms with Crippen LogP contribution in [0, 0.1) is 12.7 Å².